The van der Waals surface area contributed by atoms with Crippen molar-refractivity contribution in [3.8, 4) is 0 Å². The smallest absolute Gasteiger partial charge is 0.0593 e. The van der Waals surface area contributed by atoms with Crippen molar-refractivity contribution in [2.45, 2.75) is 33.1 Å². The molecule has 0 N–H and O–H groups in total. The molecule has 2 nitrogen and oxygen atoms in total. The highest BCUT2D eigenvalue weighted by molar-refractivity contribution is 4.70. The van der Waals surface area contributed by atoms with Crippen LogP contribution in [0.3, 0.4) is 0 Å². The van der Waals surface area contributed by atoms with Crippen molar-refractivity contribution in [2.24, 2.45) is 5.92 Å². The first-order valence-corrected chi connectivity index (χ1v) is 5.66. The lowest BCUT2D eigenvalue weighted by Gasteiger charge is -2.31. The van der Waals surface area contributed by atoms with E-state index in [1.54, 1.807) is 0 Å². The first-order valence-electron chi connectivity index (χ1n) is 5.66. The van der Waals surface area contributed by atoms with E-state index in [9.17, 15) is 0 Å². The molecule has 0 amide bonds. The van der Waals surface area contributed by atoms with Crippen LogP contribution in [0.2, 0.25) is 0 Å². The summed E-state index contributed by atoms with van der Waals surface area (Å²) in [7, 11) is 0. The van der Waals surface area contributed by atoms with Crippen molar-refractivity contribution in [2.75, 3.05) is 32.8 Å². The molecule has 0 aromatic rings. The van der Waals surface area contributed by atoms with E-state index in [1.165, 1.54) is 32.4 Å². The van der Waals surface area contributed by atoms with Gasteiger partial charge in [-0.25, -0.2) is 0 Å². The Kier molecular flexibility index (Phi) is 5.40. The molecule has 1 aliphatic rings. The SMILES string of the molecule is CCOCCN1CCC(CC)CC1. The monoisotopic (exact) mass is 185 g/mol. The van der Waals surface area contributed by atoms with Gasteiger partial charge in [0.2, 0.25) is 0 Å². The normalized spacial score (nSPS) is 20.8. The summed E-state index contributed by atoms with van der Waals surface area (Å²) in [6.45, 7) is 9.82. The van der Waals surface area contributed by atoms with E-state index in [0.717, 1.165) is 25.7 Å². The van der Waals surface area contributed by atoms with Crippen LogP contribution in [0.25, 0.3) is 0 Å². The van der Waals surface area contributed by atoms with Gasteiger partial charge in [-0.15, -0.1) is 0 Å². The molecule has 0 aromatic heterocycles. The van der Waals surface area contributed by atoms with E-state index in [2.05, 4.69) is 18.7 Å². The second-order valence-corrected chi connectivity index (χ2v) is 3.89. The second-order valence-electron chi connectivity index (χ2n) is 3.89. The van der Waals surface area contributed by atoms with Gasteiger partial charge >= 0.3 is 0 Å². The van der Waals surface area contributed by atoms with Crippen molar-refractivity contribution in [3.05, 3.63) is 0 Å². The Morgan fingerprint density at radius 1 is 1.23 bits per heavy atom. The maximum atomic E-state index is 5.35. The van der Waals surface area contributed by atoms with Gasteiger partial charge in [-0.3, -0.25) is 0 Å². The molecular formula is C11H23NO. The van der Waals surface area contributed by atoms with E-state index in [4.69, 9.17) is 4.74 Å². The van der Waals surface area contributed by atoms with Crippen molar-refractivity contribution in [1.82, 2.24) is 4.90 Å². The summed E-state index contributed by atoms with van der Waals surface area (Å²) in [5, 5.41) is 0. The minimum Gasteiger partial charge on any atom is -0.380 e. The summed E-state index contributed by atoms with van der Waals surface area (Å²) < 4.78 is 5.35. The number of rotatable bonds is 5. The molecule has 0 radical (unpaired) electrons. The van der Waals surface area contributed by atoms with Gasteiger partial charge in [0, 0.05) is 13.2 Å². The summed E-state index contributed by atoms with van der Waals surface area (Å²) in [5.41, 5.74) is 0. The highest BCUT2D eigenvalue weighted by Gasteiger charge is 2.16. The molecule has 0 bridgehead atoms. The van der Waals surface area contributed by atoms with Crippen LogP contribution in [-0.2, 0) is 4.74 Å². The highest BCUT2D eigenvalue weighted by atomic mass is 16.5. The van der Waals surface area contributed by atoms with Crippen molar-refractivity contribution < 1.29 is 4.74 Å². The van der Waals surface area contributed by atoms with Gasteiger partial charge in [0.15, 0.2) is 0 Å². The summed E-state index contributed by atoms with van der Waals surface area (Å²) in [6, 6.07) is 0. The topological polar surface area (TPSA) is 12.5 Å². The van der Waals surface area contributed by atoms with Gasteiger partial charge in [0.25, 0.3) is 0 Å². The van der Waals surface area contributed by atoms with Gasteiger partial charge in [-0.2, -0.15) is 0 Å². The Morgan fingerprint density at radius 3 is 2.46 bits per heavy atom. The van der Waals surface area contributed by atoms with Crippen LogP contribution in [0.5, 0.6) is 0 Å². The van der Waals surface area contributed by atoms with E-state index in [0.29, 0.717) is 0 Å². The maximum absolute atomic E-state index is 5.35. The summed E-state index contributed by atoms with van der Waals surface area (Å²) in [6.07, 6.45) is 4.14. The second kappa shape index (κ2) is 6.39. The Balaban J connectivity index is 2.03. The van der Waals surface area contributed by atoms with Crippen molar-refractivity contribution in [3.63, 3.8) is 0 Å². The number of hydrogen-bond acceptors (Lipinski definition) is 2. The number of hydrogen-bond donors (Lipinski definition) is 0. The zero-order valence-corrected chi connectivity index (χ0v) is 9.09. The third kappa shape index (κ3) is 4.10. The highest BCUT2D eigenvalue weighted by Crippen LogP contribution is 2.19. The van der Waals surface area contributed by atoms with Crippen LogP contribution in [0.1, 0.15) is 33.1 Å². The lowest BCUT2D eigenvalue weighted by Crippen LogP contribution is -2.35. The van der Waals surface area contributed by atoms with Gasteiger partial charge in [0.1, 0.15) is 0 Å². The van der Waals surface area contributed by atoms with Gasteiger partial charge < -0.3 is 9.64 Å². The van der Waals surface area contributed by atoms with Gasteiger partial charge in [-0.05, 0) is 38.8 Å². The zero-order valence-electron chi connectivity index (χ0n) is 9.09. The number of likely N-dealkylation sites (tertiary alicyclic amines) is 1. The van der Waals surface area contributed by atoms with E-state index >= 15 is 0 Å². The molecule has 1 heterocycles. The van der Waals surface area contributed by atoms with Gasteiger partial charge in [0.05, 0.1) is 6.61 Å². The van der Waals surface area contributed by atoms with Gasteiger partial charge in [-0.1, -0.05) is 13.3 Å². The lowest BCUT2D eigenvalue weighted by atomic mass is 9.94. The Bertz CT molecular complexity index is 117. The fraction of sp³-hybridized carbons (Fsp3) is 1.00. The van der Waals surface area contributed by atoms with Crippen molar-refractivity contribution in [1.29, 1.82) is 0 Å². The Morgan fingerprint density at radius 2 is 1.92 bits per heavy atom. The first kappa shape index (κ1) is 11.0. The molecule has 13 heavy (non-hydrogen) atoms. The molecule has 1 rings (SSSR count). The fourth-order valence-electron chi connectivity index (χ4n) is 1.96. The predicted octanol–water partition coefficient (Wildman–Crippen LogP) is 2.14. The van der Waals surface area contributed by atoms with Crippen LogP contribution in [-0.4, -0.2) is 37.7 Å². The predicted molar refractivity (Wildman–Crippen MR) is 55.9 cm³/mol. The maximum Gasteiger partial charge on any atom is 0.0593 e. The zero-order chi connectivity index (χ0) is 9.52. The summed E-state index contributed by atoms with van der Waals surface area (Å²) in [4.78, 5) is 2.53. The minimum atomic E-state index is 0.853. The molecule has 2 heteroatoms. The molecular weight excluding hydrogens is 162 g/mol. The molecule has 78 valence electrons. The Hall–Kier alpha value is -0.0800. The molecule has 0 aliphatic carbocycles. The number of nitrogens with zero attached hydrogens (tertiary/aromatic N) is 1. The number of ether oxygens (including phenoxy) is 1. The largest absolute Gasteiger partial charge is 0.380 e. The van der Waals surface area contributed by atoms with Crippen LogP contribution < -0.4 is 0 Å². The van der Waals surface area contributed by atoms with Crippen molar-refractivity contribution >= 4 is 0 Å². The average Bonchev–Trinajstić information content (AvgIpc) is 2.19. The van der Waals surface area contributed by atoms with Crippen LogP contribution in [0, 0.1) is 5.92 Å². The molecule has 0 unspecified atom stereocenters. The van der Waals surface area contributed by atoms with Crippen LogP contribution in [0.4, 0.5) is 0 Å². The summed E-state index contributed by atoms with van der Waals surface area (Å²) >= 11 is 0. The molecule has 0 spiro atoms. The lowest BCUT2D eigenvalue weighted by molar-refractivity contribution is 0.0953. The van der Waals surface area contributed by atoms with Crippen LogP contribution in [0.15, 0.2) is 0 Å². The fourth-order valence-corrected chi connectivity index (χ4v) is 1.96. The Labute approximate surface area is 82.3 Å². The third-order valence-electron chi connectivity index (χ3n) is 3.04. The third-order valence-corrected chi connectivity index (χ3v) is 3.04. The van der Waals surface area contributed by atoms with E-state index < -0.39 is 0 Å². The molecule has 1 aliphatic heterocycles. The molecule has 1 fully saturated rings. The number of piperidine rings is 1. The summed E-state index contributed by atoms with van der Waals surface area (Å²) in [5.74, 6) is 0.989. The van der Waals surface area contributed by atoms with E-state index in [1.807, 2.05) is 0 Å². The average molecular weight is 185 g/mol. The molecule has 1 saturated heterocycles. The molecule has 0 aromatic carbocycles. The van der Waals surface area contributed by atoms with E-state index in [-0.39, 0.29) is 0 Å². The standard InChI is InChI=1S/C11H23NO/c1-3-11-5-7-12(8-6-11)9-10-13-4-2/h11H,3-10H2,1-2H3. The molecule has 0 atom stereocenters. The first-order chi connectivity index (χ1) is 6.36. The van der Waals surface area contributed by atoms with Crippen LogP contribution >= 0.6 is 0 Å². The minimum absolute atomic E-state index is 0.853. The molecule has 0 saturated carbocycles. The quantitative estimate of drug-likeness (QED) is 0.608.